The van der Waals surface area contributed by atoms with Gasteiger partial charge in [-0.1, -0.05) is 12.7 Å². The van der Waals surface area contributed by atoms with Gasteiger partial charge in [0.1, 0.15) is 5.84 Å². The predicted octanol–water partition coefficient (Wildman–Crippen LogP) is 1.33. The van der Waals surface area contributed by atoms with Crippen molar-refractivity contribution in [3.8, 4) is 0 Å². The van der Waals surface area contributed by atoms with Crippen LogP contribution in [0.4, 0.5) is 0 Å². The Morgan fingerprint density at radius 3 is 2.38 bits per heavy atom. The fourth-order valence-electron chi connectivity index (χ4n) is 1.25. The summed E-state index contributed by atoms with van der Waals surface area (Å²) in [6.45, 7) is 7.66. The number of aliphatic imine (C=N–C) groups is 2. The van der Waals surface area contributed by atoms with Gasteiger partial charge >= 0.3 is 0 Å². The van der Waals surface area contributed by atoms with Crippen molar-refractivity contribution in [1.29, 1.82) is 0 Å². The lowest BCUT2D eigenvalue weighted by molar-refractivity contribution is 0.256. The van der Waals surface area contributed by atoms with Crippen molar-refractivity contribution < 1.29 is 0 Å². The second-order valence-corrected chi connectivity index (χ2v) is 3.93. The molecule has 0 aromatic heterocycles. The third-order valence-corrected chi connectivity index (χ3v) is 2.45. The SMILES string of the molecule is C=CC=NC(C)=NC.CN1CCC(N)CC1. The Labute approximate surface area is 99.0 Å². The molecule has 2 N–H and O–H groups in total. The minimum absolute atomic E-state index is 0.478. The molecule has 0 radical (unpaired) electrons. The van der Waals surface area contributed by atoms with Crippen molar-refractivity contribution in [1.82, 2.24) is 4.90 Å². The van der Waals surface area contributed by atoms with Gasteiger partial charge in [0.15, 0.2) is 0 Å². The van der Waals surface area contributed by atoms with Crippen LogP contribution >= 0.6 is 0 Å². The number of amidine groups is 1. The summed E-state index contributed by atoms with van der Waals surface area (Å²) in [5.74, 6) is 0.768. The summed E-state index contributed by atoms with van der Waals surface area (Å²) in [7, 11) is 3.85. The van der Waals surface area contributed by atoms with Gasteiger partial charge in [-0.15, -0.1) is 0 Å². The smallest absolute Gasteiger partial charge is 0.119 e. The van der Waals surface area contributed by atoms with E-state index in [9.17, 15) is 0 Å². The second kappa shape index (κ2) is 9.24. The molecule has 1 fully saturated rings. The quantitative estimate of drug-likeness (QED) is 0.539. The van der Waals surface area contributed by atoms with E-state index < -0.39 is 0 Å². The molecule has 1 saturated heterocycles. The normalized spacial score (nSPS) is 19.4. The number of likely N-dealkylation sites (tertiary alicyclic amines) is 1. The fourth-order valence-corrected chi connectivity index (χ4v) is 1.25. The Balaban J connectivity index is 0.000000281. The molecular weight excluding hydrogens is 200 g/mol. The van der Waals surface area contributed by atoms with Gasteiger partial charge in [-0.2, -0.15) is 0 Å². The Bertz CT molecular complexity index is 227. The highest BCUT2D eigenvalue weighted by atomic mass is 15.1. The number of rotatable bonds is 1. The lowest BCUT2D eigenvalue weighted by Gasteiger charge is -2.25. The zero-order valence-electron chi connectivity index (χ0n) is 10.7. The second-order valence-electron chi connectivity index (χ2n) is 3.93. The molecule has 0 amide bonds. The first-order valence-electron chi connectivity index (χ1n) is 5.62. The minimum atomic E-state index is 0.478. The molecule has 4 nitrogen and oxygen atoms in total. The minimum Gasteiger partial charge on any atom is -0.328 e. The number of hydrogen-bond donors (Lipinski definition) is 1. The summed E-state index contributed by atoms with van der Waals surface area (Å²) >= 11 is 0. The molecule has 0 bridgehead atoms. The van der Waals surface area contributed by atoms with Crippen LogP contribution in [0.5, 0.6) is 0 Å². The maximum absolute atomic E-state index is 5.67. The van der Waals surface area contributed by atoms with Crippen molar-refractivity contribution >= 4 is 12.1 Å². The standard InChI is InChI=1S/C6H14N2.C6H10N2/c1-8-4-2-6(7)3-5-8;1-4-5-8-6(2)7-3/h6H,2-5,7H2,1H3;4-5H,1H2,2-3H3. The van der Waals surface area contributed by atoms with Gasteiger partial charge in [0.2, 0.25) is 0 Å². The average molecular weight is 224 g/mol. The number of hydrogen-bond acceptors (Lipinski definition) is 3. The van der Waals surface area contributed by atoms with E-state index in [0.29, 0.717) is 6.04 Å². The van der Waals surface area contributed by atoms with Crippen molar-refractivity contribution in [3.63, 3.8) is 0 Å². The largest absolute Gasteiger partial charge is 0.328 e. The predicted molar refractivity (Wildman–Crippen MR) is 72.4 cm³/mol. The van der Waals surface area contributed by atoms with E-state index in [1.807, 2.05) is 6.92 Å². The van der Waals surface area contributed by atoms with Crippen LogP contribution in [-0.4, -0.2) is 50.2 Å². The lowest BCUT2D eigenvalue weighted by Crippen LogP contribution is -2.37. The van der Waals surface area contributed by atoms with E-state index >= 15 is 0 Å². The van der Waals surface area contributed by atoms with Crippen LogP contribution in [-0.2, 0) is 0 Å². The molecule has 0 aromatic carbocycles. The van der Waals surface area contributed by atoms with E-state index in [2.05, 4.69) is 28.5 Å². The highest BCUT2D eigenvalue weighted by Crippen LogP contribution is 2.04. The maximum Gasteiger partial charge on any atom is 0.119 e. The molecule has 1 heterocycles. The molecule has 1 rings (SSSR count). The van der Waals surface area contributed by atoms with Gasteiger partial charge in [-0.05, 0) is 39.9 Å². The number of piperidine rings is 1. The fraction of sp³-hybridized carbons (Fsp3) is 0.667. The first kappa shape index (κ1) is 15.0. The van der Waals surface area contributed by atoms with Crippen molar-refractivity contribution in [2.75, 3.05) is 27.2 Å². The molecule has 0 aliphatic carbocycles. The topological polar surface area (TPSA) is 54.0 Å². The van der Waals surface area contributed by atoms with E-state index in [4.69, 9.17) is 5.73 Å². The molecule has 0 saturated carbocycles. The summed E-state index contributed by atoms with van der Waals surface area (Å²) in [6, 6.07) is 0.478. The van der Waals surface area contributed by atoms with Crippen LogP contribution in [0.3, 0.4) is 0 Å². The van der Waals surface area contributed by atoms with Crippen LogP contribution in [0.1, 0.15) is 19.8 Å². The van der Waals surface area contributed by atoms with Gasteiger partial charge in [-0.25, -0.2) is 4.99 Å². The number of nitrogens with two attached hydrogens (primary N) is 1. The summed E-state index contributed by atoms with van der Waals surface area (Å²) in [6.07, 6.45) is 5.59. The molecule has 16 heavy (non-hydrogen) atoms. The molecular formula is C12H24N4. The summed E-state index contributed by atoms with van der Waals surface area (Å²) in [5.41, 5.74) is 5.67. The summed E-state index contributed by atoms with van der Waals surface area (Å²) in [4.78, 5) is 9.99. The zero-order valence-corrected chi connectivity index (χ0v) is 10.7. The third kappa shape index (κ3) is 8.32. The molecule has 1 aliphatic heterocycles. The molecule has 4 heteroatoms. The molecule has 0 spiro atoms. The first-order chi connectivity index (χ1) is 7.60. The molecule has 0 aromatic rings. The number of nitrogens with zero attached hydrogens (tertiary/aromatic N) is 3. The summed E-state index contributed by atoms with van der Waals surface area (Å²) in [5, 5.41) is 0. The monoisotopic (exact) mass is 224 g/mol. The molecule has 0 atom stereocenters. The zero-order chi connectivity index (χ0) is 12.4. The van der Waals surface area contributed by atoms with Crippen LogP contribution in [0.15, 0.2) is 22.6 Å². The Morgan fingerprint density at radius 2 is 2.00 bits per heavy atom. The Morgan fingerprint density at radius 1 is 1.44 bits per heavy atom. The van der Waals surface area contributed by atoms with E-state index in [1.165, 1.54) is 25.9 Å². The highest BCUT2D eigenvalue weighted by molar-refractivity contribution is 5.90. The molecule has 0 unspecified atom stereocenters. The van der Waals surface area contributed by atoms with Gasteiger partial charge in [-0.3, -0.25) is 4.99 Å². The van der Waals surface area contributed by atoms with E-state index in [0.717, 1.165) is 5.84 Å². The van der Waals surface area contributed by atoms with E-state index in [-0.39, 0.29) is 0 Å². The highest BCUT2D eigenvalue weighted by Gasteiger charge is 2.11. The van der Waals surface area contributed by atoms with Gasteiger partial charge in [0.05, 0.1) is 0 Å². The first-order valence-corrected chi connectivity index (χ1v) is 5.62. The van der Waals surface area contributed by atoms with Crippen molar-refractivity contribution in [3.05, 3.63) is 12.7 Å². The van der Waals surface area contributed by atoms with Crippen molar-refractivity contribution in [2.45, 2.75) is 25.8 Å². The van der Waals surface area contributed by atoms with Gasteiger partial charge < -0.3 is 10.6 Å². The van der Waals surface area contributed by atoms with Crippen molar-refractivity contribution in [2.24, 2.45) is 15.7 Å². The van der Waals surface area contributed by atoms with E-state index in [1.54, 1.807) is 19.3 Å². The maximum atomic E-state index is 5.67. The van der Waals surface area contributed by atoms with Crippen LogP contribution < -0.4 is 5.73 Å². The van der Waals surface area contributed by atoms with Crippen LogP contribution in [0, 0.1) is 0 Å². The van der Waals surface area contributed by atoms with Crippen LogP contribution in [0.2, 0.25) is 0 Å². The lowest BCUT2D eigenvalue weighted by atomic mass is 10.1. The molecule has 1 aliphatic rings. The average Bonchev–Trinajstić information content (AvgIpc) is 2.30. The molecule has 92 valence electrons. The third-order valence-electron chi connectivity index (χ3n) is 2.45. The number of allylic oxidation sites excluding steroid dienone is 1. The van der Waals surface area contributed by atoms with Gasteiger partial charge in [0.25, 0.3) is 0 Å². The Hall–Kier alpha value is -1.00. The van der Waals surface area contributed by atoms with Crippen LogP contribution in [0.25, 0.3) is 0 Å². The summed E-state index contributed by atoms with van der Waals surface area (Å²) < 4.78 is 0. The van der Waals surface area contributed by atoms with Gasteiger partial charge in [0, 0.05) is 19.3 Å². The Kier molecular flexibility index (Phi) is 8.66.